The van der Waals surface area contributed by atoms with Crippen molar-refractivity contribution in [2.24, 2.45) is 11.1 Å². The van der Waals surface area contributed by atoms with Gasteiger partial charge >= 0.3 is 0 Å². The maximum atomic E-state index is 5.79. The summed E-state index contributed by atoms with van der Waals surface area (Å²) in [5, 5.41) is 0. The summed E-state index contributed by atoms with van der Waals surface area (Å²) in [6.45, 7) is 10.6. The van der Waals surface area contributed by atoms with Crippen LogP contribution in [0, 0.1) is 12.3 Å². The average molecular weight is 234 g/mol. The van der Waals surface area contributed by atoms with E-state index in [1.54, 1.807) is 0 Å². The molecule has 0 spiro atoms. The van der Waals surface area contributed by atoms with Gasteiger partial charge in [0, 0.05) is 12.6 Å². The highest BCUT2D eigenvalue weighted by Gasteiger charge is 2.21. The molecule has 1 rings (SSSR count). The molecule has 1 aromatic carbocycles. The number of hydrogen-bond acceptors (Lipinski definition) is 2. The minimum atomic E-state index is 0.173. The van der Waals surface area contributed by atoms with Gasteiger partial charge in [0.1, 0.15) is 0 Å². The van der Waals surface area contributed by atoms with Crippen molar-refractivity contribution in [1.82, 2.24) is 4.90 Å². The Balaban J connectivity index is 2.73. The van der Waals surface area contributed by atoms with Crippen molar-refractivity contribution in [2.75, 3.05) is 20.1 Å². The number of hydrogen-bond donors (Lipinski definition) is 1. The van der Waals surface area contributed by atoms with E-state index in [1.165, 1.54) is 11.1 Å². The second kappa shape index (κ2) is 5.65. The van der Waals surface area contributed by atoms with Crippen molar-refractivity contribution < 1.29 is 0 Å². The Kier molecular flexibility index (Phi) is 4.72. The van der Waals surface area contributed by atoms with Gasteiger partial charge in [-0.25, -0.2) is 0 Å². The van der Waals surface area contributed by atoms with Gasteiger partial charge in [0.15, 0.2) is 0 Å². The van der Waals surface area contributed by atoms with Gasteiger partial charge in [-0.1, -0.05) is 43.7 Å². The zero-order valence-corrected chi connectivity index (χ0v) is 11.8. The van der Waals surface area contributed by atoms with E-state index in [-0.39, 0.29) is 5.41 Å². The summed E-state index contributed by atoms with van der Waals surface area (Å²) in [7, 11) is 2.17. The molecule has 0 amide bonds. The van der Waals surface area contributed by atoms with Crippen LogP contribution in [-0.2, 0) is 0 Å². The highest BCUT2D eigenvalue weighted by molar-refractivity contribution is 5.24. The van der Waals surface area contributed by atoms with Gasteiger partial charge in [0.2, 0.25) is 0 Å². The summed E-state index contributed by atoms with van der Waals surface area (Å²) in [4.78, 5) is 2.38. The number of nitrogens with zero attached hydrogens (tertiary/aromatic N) is 1. The summed E-state index contributed by atoms with van der Waals surface area (Å²) < 4.78 is 0. The first-order valence-corrected chi connectivity index (χ1v) is 6.32. The first-order valence-electron chi connectivity index (χ1n) is 6.32. The average Bonchev–Trinajstić information content (AvgIpc) is 2.27. The first kappa shape index (κ1) is 14.2. The SMILES string of the molecule is Cc1cccc(C(C)N(C)CC(C)(C)CN)c1. The maximum Gasteiger partial charge on any atom is 0.0317 e. The topological polar surface area (TPSA) is 29.3 Å². The monoisotopic (exact) mass is 234 g/mol. The van der Waals surface area contributed by atoms with E-state index in [0.29, 0.717) is 6.04 Å². The molecule has 0 aliphatic rings. The third-order valence-electron chi connectivity index (χ3n) is 3.42. The van der Waals surface area contributed by atoms with Gasteiger partial charge in [0.25, 0.3) is 0 Å². The van der Waals surface area contributed by atoms with Gasteiger partial charge < -0.3 is 5.73 Å². The number of aryl methyl sites for hydroxylation is 1. The third-order valence-corrected chi connectivity index (χ3v) is 3.42. The van der Waals surface area contributed by atoms with Crippen molar-refractivity contribution in [3.8, 4) is 0 Å². The predicted octanol–water partition coefficient (Wildman–Crippen LogP) is 2.97. The third kappa shape index (κ3) is 4.14. The van der Waals surface area contributed by atoms with Gasteiger partial charge in [-0.15, -0.1) is 0 Å². The molecule has 2 N–H and O–H groups in total. The molecule has 0 aliphatic heterocycles. The van der Waals surface area contributed by atoms with Crippen molar-refractivity contribution >= 4 is 0 Å². The smallest absolute Gasteiger partial charge is 0.0317 e. The Morgan fingerprint density at radius 3 is 2.53 bits per heavy atom. The van der Waals surface area contributed by atoms with E-state index in [9.17, 15) is 0 Å². The Morgan fingerprint density at radius 2 is 2.00 bits per heavy atom. The number of rotatable bonds is 5. The van der Waals surface area contributed by atoms with E-state index in [1.807, 2.05) is 0 Å². The summed E-state index contributed by atoms with van der Waals surface area (Å²) >= 11 is 0. The minimum Gasteiger partial charge on any atom is -0.330 e. The summed E-state index contributed by atoms with van der Waals surface area (Å²) in [5.74, 6) is 0. The molecule has 0 saturated heterocycles. The largest absolute Gasteiger partial charge is 0.330 e. The van der Waals surface area contributed by atoms with E-state index < -0.39 is 0 Å². The molecule has 0 aromatic heterocycles. The zero-order valence-electron chi connectivity index (χ0n) is 11.8. The van der Waals surface area contributed by atoms with Gasteiger partial charge in [-0.2, -0.15) is 0 Å². The van der Waals surface area contributed by atoms with Crippen LogP contribution in [-0.4, -0.2) is 25.0 Å². The lowest BCUT2D eigenvalue weighted by Gasteiger charge is -2.33. The Morgan fingerprint density at radius 1 is 1.35 bits per heavy atom. The molecule has 0 fully saturated rings. The Hall–Kier alpha value is -0.860. The molecular formula is C15H26N2. The summed E-state index contributed by atoms with van der Waals surface area (Å²) in [6.07, 6.45) is 0. The fourth-order valence-electron chi connectivity index (χ4n) is 2.06. The van der Waals surface area contributed by atoms with Crippen LogP contribution in [0.5, 0.6) is 0 Å². The Bertz CT molecular complexity index is 358. The molecule has 2 nitrogen and oxygen atoms in total. The zero-order chi connectivity index (χ0) is 13.1. The standard InChI is InChI=1S/C15H26N2/c1-12-7-6-8-14(9-12)13(2)17(5)11-15(3,4)10-16/h6-9,13H,10-11,16H2,1-5H3. The highest BCUT2D eigenvalue weighted by atomic mass is 15.1. The lowest BCUT2D eigenvalue weighted by atomic mass is 9.92. The molecule has 0 heterocycles. The lowest BCUT2D eigenvalue weighted by Crippen LogP contribution is -2.37. The molecule has 1 unspecified atom stereocenters. The van der Waals surface area contributed by atoms with Gasteiger partial charge in [0.05, 0.1) is 0 Å². The molecule has 0 radical (unpaired) electrons. The molecule has 2 heteroatoms. The quantitative estimate of drug-likeness (QED) is 0.848. The van der Waals surface area contributed by atoms with Crippen LogP contribution in [0.15, 0.2) is 24.3 Å². The molecule has 96 valence electrons. The van der Waals surface area contributed by atoms with Gasteiger partial charge in [-0.05, 0) is 38.4 Å². The van der Waals surface area contributed by atoms with Gasteiger partial charge in [-0.3, -0.25) is 4.90 Å². The molecule has 17 heavy (non-hydrogen) atoms. The molecule has 1 atom stereocenters. The highest BCUT2D eigenvalue weighted by Crippen LogP contribution is 2.23. The van der Waals surface area contributed by atoms with Crippen LogP contribution in [0.2, 0.25) is 0 Å². The van der Waals surface area contributed by atoms with E-state index in [2.05, 4.69) is 63.9 Å². The summed E-state index contributed by atoms with van der Waals surface area (Å²) in [6, 6.07) is 9.16. The lowest BCUT2D eigenvalue weighted by molar-refractivity contribution is 0.174. The molecule has 0 saturated carbocycles. The Labute approximate surface area is 106 Å². The first-order chi connectivity index (χ1) is 7.85. The van der Waals surface area contributed by atoms with Crippen LogP contribution in [0.4, 0.5) is 0 Å². The fourth-order valence-corrected chi connectivity index (χ4v) is 2.06. The van der Waals surface area contributed by atoms with E-state index in [4.69, 9.17) is 5.73 Å². The minimum absolute atomic E-state index is 0.173. The number of nitrogens with two attached hydrogens (primary N) is 1. The normalized spacial score (nSPS) is 14.1. The van der Waals surface area contributed by atoms with Crippen LogP contribution in [0.1, 0.15) is 37.9 Å². The van der Waals surface area contributed by atoms with E-state index >= 15 is 0 Å². The van der Waals surface area contributed by atoms with Crippen LogP contribution in [0.3, 0.4) is 0 Å². The molecular weight excluding hydrogens is 208 g/mol. The van der Waals surface area contributed by atoms with Crippen LogP contribution in [0.25, 0.3) is 0 Å². The van der Waals surface area contributed by atoms with Crippen LogP contribution < -0.4 is 5.73 Å². The van der Waals surface area contributed by atoms with Crippen molar-refractivity contribution in [3.05, 3.63) is 35.4 Å². The summed E-state index contributed by atoms with van der Waals surface area (Å²) in [5.41, 5.74) is 8.66. The predicted molar refractivity (Wildman–Crippen MR) is 75.1 cm³/mol. The van der Waals surface area contributed by atoms with Crippen LogP contribution >= 0.6 is 0 Å². The molecule has 1 aromatic rings. The fraction of sp³-hybridized carbons (Fsp3) is 0.600. The second-order valence-corrected chi connectivity index (χ2v) is 5.87. The van der Waals surface area contributed by atoms with Crippen molar-refractivity contribution in [3.63, 3.8) is 0 Å². The van der Waals surface area contributed by atoms with Crippen molar-refractivity contribution in [1.29, 1.82) is 0 Å². The van der Waals surface area contributed by atoms with E-state index in [0.717, 1.165) is 13.1 Å². The maximum absolute atomic E-state index is 5.79. The molecule has 0 aliphatic carbocycles. The molecule has 0 bridgehead atoms. The van der Waals surface area contributed by atoms with Crippen molar-refractivity contribution in [2.45, 2.75) is 33.7 Å². The number of benzene rings is 1. The second-order valence-electron chi connectivity index (χ2n) is 5.87.